The van der Waals surface area contributed by atoms with Crippen molar-refractivity contribution in [3.05, 3.63) is 34.3 Å². The molecule has 0 unspecified atom stereocenters. The van der Waals surface area contributed by atoms with Gasteiger partial charge in [0.1, 0.15) is 11.0 Å². The molecule has 1 aromatic rings. The molecule has 0 heterocycles. The highest BCUT2D eigenvalue weighted by molar-refractivity contribution is 9.10. The highest BCUT2D eigenvalue weighted by atomic mass is 79.9. The van der Waals surface area contributed by atoms with E-state index in [4.69, 9.17) is 5.21 Å². The maximum absolute atomic E-state index is 12.0. The van der Waals surface area contributed by atoms with Crippen LogP contribution in [0.25, 0.3) is 0 Å². The zero-order valence-corrected chi connectivity index (χ0v) is 12.7. The summed E-state index contributed by atoms with van der Waals surface area (Å²) in [5, 5.41) is 11.5. The van der Waals surface area contributed by atoms with E-state index in [2.05, 4.69) is 21.1 Å². The minimum atomic E-state index is -3.28. The summed E-state index contributed by atoms with van der Waals surface area (Å²) in [5.74, 6) is 0.0288. The van der Waals surface area contributed by atoms with Crippen molar-refractivity contribution >= 4 is 31.5 Å². The molecule has 1 N–H and O–H groups in total. The van der Waals surface area contributed by atoms with Gasteiger partial charge in [-0.1, -0.05) is 47.1 Å². The Balaban J connectivity index is 3.21. The molecule has 100 valence electrons. The minimum absolute atomic E-state index is 0.0288. The van der Waals surface area contributed by atoms with Gasteiger partial charge in [0.05, 0.1) is 0 Å². The summed E-state index contributed by atoms with van der Waals surface area (Å²) in [5.41, 5.74) is 0.816. The molecule has 0 radical (unpaired) electrons. The molecule has 0 saturated heterocycles. The van der Waals surface area contributed by atoms with Crippen LogP contribution in [0.1, 0.15) is 25.8 Å². The van der Waals surface area contributed by atoms with Gasteiger partial charge in [0.25, 0.3) is 0 Å². The van der Waals surface area contributed by atoms with E-state index in [9.17, 15) is 8.42 Å². The molecule has 0 saturated carbocycles. The fourth-order valence-electron chi connectivity index (χ4n) is 1.75. The summed E-state index contributed by atoms with van der Waals surface area (Å²) in [7, 11) is -3.28. The lowest BCUT2D eigenvalue weighted by Crippen LogP contribution is -2.31. The molecular formula is C12H16BrNO3S. The second-order valence-electron chi connectivity index (χ2n) is 3.84. The summed E-state index contributed by atoms with van der Waals surface area (Å²) in [6, 6.07) is 7.03. The second kappa shape index (κ2) is 6.33. The van der Waals surface area contributed by atoms with Gasteiger partial charge in [-0.05, 0) is 18.6 Å². The van der Waals surface area contributed by atoms with Crippen LogP contribution < -0.4 is 0 Å². The number of sulfone groups is 1. The van der Waals surface area contributed by atoms with Gasteiger partial charge in [0.15, 0.2) is 9.84 Å². The molecule has 0 bridgehead atoms. The number of hydrogen-bond donors (Lipinski definition) is 1. The molecule has 1 atom stereocenters. The van der Waals surface area contributed by atoms with E-state index in [0.717, 1.165) is 4.47 Å². The van der Waals surface area contributed by atoms with Gasteiger partial charge in [-0.15, -0.1) is 0 Å². The molecular weight excluding hydrogens is 318 g/mol. The number of rotatable bonds is 5. The highest BCUT2D eigenvalue weighted by Gasteiger charge is 2.28. The van der Waals surface area contributed by atoms with Crippen molar-refractivity contribution in [2.45, 2.75) is 25.5 Å². The molecule has 1 aromatic carbocycles. The third kappa shape index (κ3) is 3.32. The summed E-state index contributed by atoms with van der Waals surface area (Å²) in [6.07, 6.45) is 0.381. The van der Waals surface area contributed by atoms with Gasteiger partial charge >= 0.3 is 0 Å². The largest absolute Gasteiger partial charge is 0.411 e. The molecule has 0 aromatic heterocycles. The predicted octanol–water partition coefficient (Wildman–Crippen LogP) is 2.84. The Labute approximate surface area is 116 Å². The van der Waals surface area contributed by atoms with Crippen LogP contribution >= 0.6 is 15.9 Å². The van der Waals surface area contributed by atoms with Gasteiger partial charge < -0.3 is 5.21 Å². The first kappa shape index (κ1) is 15.2. The highest BCUT2D eigenvalue weighted by Crippen LogP contribution is 2.18. The number of nitrogens with zero attached hydrogens (tertiary/aromatic N) is 1. The number of hydrogen-bond acceptors (Lipinski definition) is 4. The molecule has 18 heavy (non-hydrogen) atoms. The fourth-order valence-corrected chi connectivity index (χ4v) is 3.45. The number of benzene rings is 1. The van der Waals surface area contributed by atoms with E-state index in [0.29, 0.717) is 12.0 Å². The van der Waals surface area contributed by atoms with E-state index < -0.39 is 15.1 Å². The van der Waals surface area contributed by atoms with Crippen LogP contribution in [0.5, 0.6) is 0 Å². The van der Waals surface area contributed by atoms with Crippen molar-refractivity contribution in [2.75, 3.05) is 5.75 Å². The first-order chi connectivity index (χ1) is 8.46. The average Bonchev–Trinajstić information content (AvgIpc) is 2.36. The lowest BCUT2D eigenvalue weighted by Gasteiger charge is -2.16. The number of halogens is 1. The van der Waals surface area contributed by atoms with E-state index in [1.807, 2.05) is 0 Å². The van der Waals surface area contributed by atoms with Gasteiger partial charge in [-0.2, -0.15) is 0 Å². The van der Waals surface area contributed by atoms with Crippen molar-refractivity contribution < 1.29 is 13.6 Å². The monoisotopic (exact) mass is 333 g/mol. The van der Waals surface area contributed by atoms with Crippen LogP contribution in [0.3, 0.4) is 0 Å². The van der Waals surface area contributed by atoms with Crippen molar-refractivity contribution in [3.8, 4) is 0 Å². The lowest BCUT2D eigenvalue weighted by atomic mass is 10.1. The maximum Gasteiger partial charge on any atom is 0.158 e. The Morgan fingerprint density at radius 2 is 1.89 bits per heavy atom. The second-order valence-corrected chi connectivity index (χ2v) is 7.23. The van der Waals surface area contributed by atoms with Gasteiger partial charge in [0.2, 0.25) is 0 Å². The molecule has 4 nitrogen and oxygen atoms in total. The maximum atomic E-state index is 12.0. The van der Waals surface area contributed by atoms with E-state index in [-0.39, 0.29) is 11.5 Å². The van der Waals surface area contributed by atoms with Crippen LogP contribution in [0.15, 0.2) is 33.9 Å². The van der Waals surface area contributed by atoms with Crippen LogP contribution in [0.4, 0.5) is 0 Å². The van der Waals surface area contributed by atoms with Crippen molar-refractivity contribution in [2.24, 2.45) is 5.16 Å². The van der Waals surface area contributed by atoms with Gasteiger partial charge in [0, 0.05) is 15.8 Å². The molecule has 0 fully saturated rings. The quantitative estimate of drug-likeness (QED) is 0.511. The fraction of sp³-hybridized carbons (Fsp3) is 0.417. The average molecular weight is 334 g/mol. The van der Waals surface area contributed by atoms with E-state index in [1.165, 1.54) is 0 Å². The third-order valence-corrected chi connectivity index (χ3v) is 5.52. The Bertz CT molecular complexity index is 523. The Morgan fingerprint density at radius 1 is 1.33 bits per heavy atom. The van der Waals surface area contributed by atoms with Gasteiger partial charge in [-0.3, -0.25) is 0 Å². The summed E-state index contributed by atoms with van der Waals surface area (Å²) < 4.78 is 24.8. The first-order valence-corrected chi connectivity index (χ1v) is 8.16. The zero-order valence-electron chi connectivity index (χ0n) is 10.3. The van der Waals surface area contributed by atoms with E-state index in [1.54, 1.807) is 38.1 Å². The minimum Gasteiger partial charge on any atom is -0.411 e. The Hall–Kier alpha value is -0.880. The smallest absolute Gasteiger partial charge is 0.158 e. The molecule has 1 rings (SSSR count). The van der Waals surface area contributed by atoms with Crippen molar-refractivity contribution in [1.82, 2.24) is 0 Å². The summed E-state index contributed by atoms with van der Waals surface area (Å²) in [6.45, 7) is 3.36. The molecule has 0 amide bonds. The molecule has 0 aliphatic heterocycles. The van der Waals surface area contributed by atoms with Crippen LogP contribution in [-0.4, -0.2) is 30.3 Å². The van der Waals surface area contributed by atoms with Crippen LogP contribution in [0.2, 0.25) is 0 Å². The Morgan fingerprint density at radius 3 is 2.28 bits per heavy atom. The SMILES string of the molecule is CC[C@H](/C(=N\O)c1ccc(Br)cc1)S(=O)(=O)CC. The molecule has 0 spiro atoms. The zero-order chi connectivity index (χ0) is 13.8. The van der Waals surface area contributed by atoms with Crippen molar-refractivity contribution in [3.63, 3.8) is 0 Å². The normalized spacial score (nSPS) is 14.5. The summed E-state index contributed by atoms with van der Waals surface area (Å²) in [4.78, 5) is 0. The molecule has 0 aliphatic carbocycles. The van der Waals surface area contributed by atoms with Gasteiger partial charge in [-0.25, -0.2) is 8.42 Å². The molecule has 0 aliphatic rings. The van der Waals surface area contributed by atoms with Crippen LogP contribution in [-0.2, 0) is 9.84 Å². The van der Waals surface area contributed by atoms with Crippen molar-refractivity contribution in [1.29, 1.82) is 0 Å². The Kier molecular flexibility index (Phi) is 5.34. The summed E-state index contributed by atoms with van der Waals surface area (Å²) >= 11 is 3.30. The molecule has 6 heteroatoms. The number of oxime groups is 1. The predicted molar refractivity (Wildman–Crippen MR) is 76.0 cm³/mol. The first-order valence-electron chi connectivity index (χ1n) is 5.65. The van der Waals surface area contributed by atoms with E-state index >= 15 is 0 Å². The lowest BCUT2D eigenvalue weighted by molar-refractivity contribution is 0.318. The standard InChI is InChI=1S/C12H16BrNO3S/c1-3-11(18(16,17)4-2)12(14-15)9-5-7-10(13)8-6-9/h5-8,11,15H,3-4H2,1-2H3/b14-12-/t11-/m1/s1. The van der Waals surface area contributed by atoms with Crippen LogP contribution in [0, 0.1) is 0 Å². The third-order valence-electron chi connectivity index (χ3n) is 2.76. The topological polar surface area (TPSA) is 66.7 Å².